The molecule has 3 N–H and O–H groups in total. The molecule has 0 fully saturated rings. The summed E-state index contributed by atoms with van der Waals surface area (Å²) in [5, 5.41) is 5.73. The Kier molecular flexibility index (Phi) is 4.35. The predicted octanol–water partition coefficient (Wildman–Crippen LogP) is 1.71. The number of carbonyl (C=O) groups excluding carboxylic acids is 1. The maximum atomic E-state index is 12.1. The summed E-state index contributed by atoms with van der Waals surface area (Å²) in [5.74, 6) is 0.248. The number of nitrogen functional groups attached to an aromatic ring is 1. The Labute approximate surface area is 115 Å². The molecule has 0 aliphatic carbocycles. The van der Waals surface area contributed by atoms with Crippen molar-refractivity contribution in [2.45, 2.75) is 6.42 Å². The lowest BCUT2D eigenvalue weighted by molar-refractivity contribution is 0.0952. The van der Waals surface area contributed by atoms with Crippen molar-refractivity contribution in [1.82, 2.24) is 10.3 Å². The van der Waals surface area contributed by atoms with Crippen LogP contribution in [0.15, 0.2) is 29.8 Å². The van der Waals surface area contributed by atoms with Gasteiger partial charge in [-0.25, -0.2) is 4.98 Å². The molecule has 0 saturated carbocycles. The van der Waals surface area contributed by atoms with Gasteiger partial charge in [-0.05, 0) is 12.1 Å². The van der Waals surface area contributed by atoms with Gasteiger partial charge in [0.1, 0.15) is 11.3 Å². The number of aromatic nitrogens is 1. The minimum atomic E-state index is -0.230. The highest BCUT2D eigenvalue weighted by Gasteiger charge is 2.15. The SMILES string of the molecule is COc1cccc(N)c1C(=O)NCCc1nccs1. The lowest BCUT2D eigenvalue weighted by Gasteiger charge is -2.11. The Balaban J connectivity index is 2.00. The molecule has 1 heterocycles. The van der Waals surface area contributed by atoms with E-state index < -0.39 is 0 Å². The minimum absolute atomic E-state index is 0.230. The highest BCUT2D eigenvalue weighted by Crippen LogP contribution is 2.23. The van der Waals surface area contributed by atoms with E-state index in [2.05, 4.69) is 10.3 Å². The fraction of sp³-hybridized carbons (Fsp3) is 0.231. The summed E-state index contributed by atoms with van der Waals surface area (Å²) in [6, 6.07) is 5.14. The van der Waals surface area contributed by atoms with Crippen LogP contribution in [0.4, 0.5) is 5.69 Å². The van der Waals surface area contributed by atoms with Crippen molar-refractivity contribution in [2.75, 3.05) is 19.4 Å². The monoisotopic (exact) mass is 277 g/mol. The van der Waals surface area contributed by atoms with Gasteiger partial charge >= 0.3 is 0 Å². The van der Waals surface area contributed by atoms with Crippen LogP contribution in [0.3, 0.4) is 0 Å². The zero-order valence-corrected chi connectivity index (χ0v) is 11.4. The van der Waals surface area contributed by atoms with Crippen LogP contribution in [-0.2, 0) is 6.42 Å². The molecule has 19 heavy (non-hydrogen) atoms. The van der Waals surface area contributed by atoms with E-state index in [-0.39, 0.29) is 5.91 Å². The van der Waals surface area contributed by atoms with Gasteiger partial charge in [0.05, 0.1) is 12.1 Å². The molecule has 0 saturated heterocycles. The highest BCUT2D eigenvalue weighted by atomic mass is 32.1. The van der Waals surface area contributed by atoms with Gasteiger partial charge in [-0.15, -0.1) is 11.3 Å². The molecule has 100 valence electrons. The summed E-state index contributed by atoms with van der Waals surface area (Å²) < 4.78 is 5.15. The molecule has 6 heteroatoms. The number of nitrogens with one attached hydrogen (secondary N) is 1. The van der Waals surface area contributed by atoms with Crippen LogP contribution < -0.4 is 15.8 Å². The van der Waals surface area contributed by atoms with E-state index in [9.17, 15) is 4.79 Å². The molecule has 0 atom stereocenters. The number of thiazole rings is 1. The molecule has 0 unspecified atom stereocenters. The third kappa shape index (κ3) is 3.23. The first-order chi connectivity index (χ1) is 9.22. The quantitative estimate of drug-likeness (QED) is 0.816. The van der Waals surface area contributed by atoms with Gasteiger partial charge in [0.25, 0.3) is 5.91 Å². The number of carbonyl (C=O) groups is 1. The molecule has 2 aromatic rings. The van der Waals surface area contributed by atoms with E-state index in [0.29, 0.717) is 30.0 Å². The summed E-state index contributed by atoms with van der Waals surface area (Å²) in [5.41, 5.74) is 6.60. The van der Waals surface area contributed by atoms with Crippen LogP contribution >= 0.6 is 11.3 Å². The maximum absolute atomic E-state index is 12.1. The molecule has 0 spiro atoms. The lowest BCUT2D eigenvalue weighted by atomic mass is 10.1. The molecule has 0 bridgehead atoms. The van der Waals surface area contributed by atoms with E-state index in [1.807, 2.05) is 5.38 Å². The van der Waals surface area contributed by atoms with Crippen molar-refractivity contribution in [3.05, 3.63) is 40.3 Å². The van der Waals surface area contributed by atoms with Crippen LogP contribution in [0, 0.1) is 0 Å². The first-order valence-corrected chi connectivity index (χ1v) is 6.69. The third-order valence-corrected chi connectivity index (χ3v) is 3.45. The average Bonchev–Trinajstić information content (AvgIpc) is 2.91. The van der Waals surface area contributed by atoms with E-state index in [1.54, 1.807) is 35.7 Å². The van der Waals surface area contributed by atoms with Crippen molar-refractivity contribution in [1.29, 1.82) is 0 Å². The highest BCUT2D eigenvalue weighted by molar-refractivity contribution is 7.09. The Morgan fingerprint density at radius 2 is 2.37 bits per heavy atom. The first kappa shape index (κ1) is 13.4. The molecule has 0 radical (unpaired) electrons. The van der Waals surface area contributed by atoms with Crippen molar-refractivity contribution in [2.24, 2.45) is 0 Å². The second kappa shape index (κ2) is 6.19. The largest absolute Gasteiger partial charge is 0.496 e. The number of anilines is 1. The third-order valence-electron chi connectivity index (χ3n) is 2.61. The van der Waals surface area contributed by atoms with Gasteiger partial charge < -0.3 is 15.8 Å². The van der Waals surface area contributed by atoms with E-state index in [0.717, 1.165) is 5.01 Å². The number of nitrogens with two attached hydrogens (primary N) is 1. The number of hydrogen-bond donors (Lipinski definition) is 2. The van der Waals surface area contributed by atoms with Gasteiger partial charge in [0.2, 0.25) is 0 Å². The Bertz CT molecular complexity index is 555. The molecule has 1 aromatic carbocycles. The molecule has 1 amide bonds. The fourth-order valence-electron chi connectivity index (χ4n) is 1.71. The number of methoxy groups -OCH3 is 1. The maximum Gasteiger partial charge on any atom is 0.257 e. The number of amides is 1. The van der Waals surface area contributed by atoms with Gasteiger partial charge in [-0.1, -0.05) is 6.07 Å². The number of hydrogen-bond acceptors (Lipinski definition) is 5. The Hall–Kier alpha value is -2.08. The Morgan fingerprint density at radius 3 is 3.05 bits per heavy atom. The molecule has 5 nitrogen and oxygen atoms in total. The molecular formula is C13H15N3O2S. The lowest BCUT2D eigenvalue weighted by Crippen LogP contribution is -2.27. The predicted molar refractivity (Wildman–Crippen MR) is 75.6 cm³/mol. The minimum Gasteiger partial charge on any atom is -0.496 e. The topological polar surface area (TPSA) is 77.2 Å². The number of benzene rings is 1. The summed E-state index contributed by atoms with van der Waals surface area (Å²) in [4.78, 5) is 16.2. The standard InChI is InChI=1S/C13H15N3O2S/c1-18-10-4-2-3-9(14)12(10)13(17)16-6-5-11-15-7-8-19-11/h2-4,7-8H,5-6,14H2,1H3,(H,16,17). The normalized spacial score (nSPS) is 10.2. The summed E-state index contributed by atoms with van der Waals surface area (Å²) in [6.07, 6.45) is 2.46. The van der Waals surface area contributed by atoms with Gasteiger partial charge in [0, 0.05) is 30.2 Å². The van der Waals surface area contributed by atoms with Crippen molar-refractivity contribution in [3.8, 4) is 5.75 Å². The van der Waals surface area contributed by atoms with Crippen LogP contribution in [0.2, 0.25) is 0 Å². The summed E-state index contributed by atoms with van der Waals surface area (Å²) in [6.45, 7) is 0.518. The molecular weight excluding hydrogens is 262 g/mol. The van der Waals surface area contributed by atoms with Crippen LogP contribution in [0.5, 0.6) is 5.75 Å². The summed E-state index contributed by atoms with van der Waals surface area (Å²) in [7, 11) is 1.52. The number of nitrogens with zero attached hydrogens (tertiary/aromatic N) is 1. The van der Waals surface area contributed by atoms with Crippen molar-refractivity contribution >= 4 is 22.9 Å². The Morgan fingerprint density at radius 1 is 1.53 bits per heavy atom. The summed E-state index contributed by atoms with van der Waals surface area (Å²) >= 11 is 1.57. The van der Waals surface area contributed by atoms with Crippen LogP contribution in [0.25, 0.3) is 0 Å². The molecule has 1 aromatic heterocycles. The fourth-order valence-corrected chi connectivity index (χ4v) is 2.33. The molecule has 2 rings (SSSR count). The van der Waals surface area contributed by atoms with Gasteiger partial charge in [-0.2, -0.15) is 0 Å². The second-order valence-corrected chi connectivity index (χ2v) is 4.84. The molecule has 0 aliphatic rings. The van der Waals surface area contributed by atoms with Crippen LogP contribution in [-0.4, -0.2) is 24.5 Å². The number of ether oxygens (including phenoxy) is 1. The van der Waals surface area contributed by atoms with Gasteiger partial charge in [0.15, 0.2) is 0 Å². The molecule has 0 aliphatic heterocycles. The zero-order valence-electron chi connectivity index (χ0n) is 10.6. The van der Waals surface area contributed by atoms with E-state index >= 15 is 0 Å². The number of rotatable bonds is 5. The smallest absolute Gasteiger partial charge is 0.257 e. The first-order valence-electron chi connectivity index (χ1n) is 5.81. The van der Waals surface area contributed by atoms with E-state index in [4.69, 9.17) is 10.5 Å². The zero-order chi connectivity index (χ0) is 13.7. The van der Waals surface area contributed by atoms with Gasteiger partial charge in [-0.3, -0.25) is 4.79 Å². The second-order valence-electron chi connectivity index (χ2n) is 3.86. The average molecular weight is 277 g/mol. The van der Waals surface area contributed by atoms with E-state index in [1.165, 1.54) is 7.11 Å². The van der Waals surface area contributed by atoms with Crippen molar-refractivity contribution in [3.63, 3.8) is 0 Å². The van der Waals surface area contributed by atoms with Crippen molar-refractivity contribution < 1.29 is 9.53 Å². The van der Waals surface area contributed by atoms with Crippen LogP contribution in [0.1, 0.15) is 15.4 Å².